The summed E-state index contributed by atoms with van der Waals surface area (Å²) in [7, 11) is 0. The van der Waals surface area contributed by atoms with Crippen molar-refractivity contribution in [1.29, 1.82) is 0 Å². The van der Waals surface area contributed by atoms with Gasteiger partial charge in [-0.25, -0.2) is 5.01 Å². The predicted octanol–water partition coefficient (Wildman–Crippen LogP) is 2.81. The van der Waals surface area contributed by atoms with E-state index in [1.807, 2.05) is 70.1 Å². The fraction of sp³-hybridized carbons (Fsp3) is 0.346. The molecule has 0 N–H and O–H groups in total. The van der Waals surface area contributed by atoms with Crippen molar-refractivity contribution in [2.24, 2.45) is 5.10 Å². The monoisotopic (exact) mass is 441 g/mol. The van der Waals surface area contributed by atoms with Crippen LogP contribution >= 0.6 is 0 Å². The summed E-state index contributed by atoms with van der Waals surface area (Å²) in [6.07, 6.45) is 2.34. The van der Waals surface area contributed by atoms with Gasteiger partial charge in [0.2, 0.25) is 5.91 Å². The van der Waals surface area contributed by atoms with Crippen LogP contribution in [0.4, 0.5) is 0 Å². The number of fused-ring (bicyclic) bond motifs is 4. The van der Waals surface area contributed by atoms with Crippen molar-refractivity contribution in [3.05, 3.63) is 71.9 Å². The van der Waals surface area contributed by atoms with Crippen molar-refractivity contribution in [1.82, 2.24) is 19.4 Å². The highest BCUT2D eigenvalue weighted by Crippen LogP contribution is 2.25. The molecule has 2 amide bonds. The number of nitrogens with zero attached hydrogens (tertiary/aromatic N) is 5. The largest absolute Gasteiger partial charge is 0.338 e. The molecule has 0 bridgehead atoms. The number of hydrazone groups is 1. The van der Waals surface area contributed by atoms with Gasteiger partial charge in [-0.3, -0.25) is 14.5 Å². The van der Waals surface area contributed by atoms with E-state index in [1.165, 1.54) is 11.4 Å². The zero-order chi connectivity index (χ0) is 22.4. The highest BCUT2D eigenvalue weighted by Gasteiger charge is 2.34. The van der Waals surface area contributed by atoms with E-state index >= 15 is 0 Å². The van der Waals surface area contributed by atoms with E-state index in [-0.39, 0.29) is 18.4 Å². The Kier molecular flexibility index (Phi) is 4.99. The Bertz CT molecular complexity index is 1250. The molecule has 1 atom stereocenters. The van der Waals surface area contributed by atoms with Gasteiger partial charge >= 0.3 is 0 Å². The summed E-state index contributed by atoms with van der Waals surface area (Å²) in [6, 6.07) is 20.3. The maximum absolute atomic E-state index is 13.6. The number of benzene rings is 2. The number of hydrogen-bond donors (Lipinski definition) is 0. The second kappa shape index (κ2) is 8.15. The van der Waals surface area contributed by atoms with Crippen molar-refractivity contribution in [3.8, 4) is 0 Å². The van der Waals surface area contributed by atoms with Crippen LogP contribution in [0.1, 0.15) is 28.9 Å². The standard InChI is InChI=1S/C26H27N5O2/c32-25(29-14-13-28-12-6-10-21(28)16-29)18-31-26(33)24-15-20-9-4-5-11-23(20)30(24)17-22(27-31)19-7-2-1-3-8-19/h1-5,7-9,11,15,21H,6,10,12-14,16-18H2. The van der Waals surface area contributed by atoms with Gasteiger partial charge in [0.25, 0.3) is 5.91 Å². The van der Waals surface area contributed by atoms with Gasteiger partial charge in [-0.05, 0) is 37.1 Å². The number of rotatable bonds is 3. The lowest BCUT2D eigenvalue weighted by Gasteiger charge is -2.37. The van der Waals surface area contributed by atoms with Crippen LogP contribution in [0.25, 0.3) is 10.9 Å². The molecule has 2 saturated heterocycles. The number of carbonyl (C=O) groups excluding carboxylic acids is 2. The predicted molar refractivity (Wildman–Crippen MR) is 127 cm³/mol. The van der Waals surface area contributed by atoms with E-state index in [1.54, 1.807) is 0 Å². The topological polar surface area (TPSA) is 61.2 Å². The maximum Gasteiger partial charge on any atom is 0.291 e. The second-order valence-corrected chi connectivity index (χ2v) is 9.12. The number of amides is 2. The minimum absolute atomic E-state index is 0.0318. The van der Waals surface area contributed by atoms with E-state index in [0.717, 1.165) is 48.2 Å². The molecule has 2 aromatic carbocycles. The first-order valence-electron chi connectivity index (χ1n) is 11.7. The zero-order valence-corrected chi connectivity index (χ0v) is 18.6. The molecule has 0 saturated carbocycles. The molecule has 3 aliphatic rings. The van der Waals surface area contributed by atoms with E-state index < -0.39 is 0 Å². The Morgan fingerprint density at radius 1 is 1.00 bits per heavy atom. The SMILES string of the molecule is O=C(CN1N=C(c2ccccc2)Cn2c(cc3ccccc32)C1=O)N1CCN2CCCC2C1. The Morgan fingerprint density at radius 3 is 2.70 bits per heavy atom. The molecular formula is C26H27N5O2. The first-order valence-corrected chi connectivity index (χ1v) is 11.7. The van der Waals surface area contributed by atoms with Crippen LogP contribution in [0.2, 0.25) is 0 Å². The molecule has 3 aliphatic heterocycles. The summed E-state index contributed by atoms with van der Waals surface area (Å²) >= 11 is 0. The molecule has 6 rings (SSSR count). The Hall–Kier alpha value is -3.45. The molecule has 2 fully saturated rings. The Morgan fingerprint density at radius 2 is 1.82 bits per heavy atom. The minimum Gasteiger partial charge on any atom is -0.338 e. The first-order chi connectivity index (χ1) is 16.2. The number of hydrogen-bond acceptors (Lipinski definition) is 4. The van der Waals surface area contributed by atoms with E-state index in [0.29, 0.717) is 24.8 Å². The number of piperazine rings is 1. The highest BCUT2D eigenvalue weighted by molar-refractivity contribution is 6.07. The fourth-order valence-corrected chi connectivity index (χ4v) is 5.40. The first kappa shape index (κ1) is 20.2. The van der Waals surface area contributed by atoms with Gasteiger partial charge in [-0.15, -0.1) is 0 Å². The van der Waals surface area contributed by atoms with Crippen LogP contribution in [-0.2, 0) is 11.3 Å². The molecule has 7 heteroatoms. The summed E-state index contributed by atoms with van der Waals surface area (Å²) in [5.41, 5.74) is 3.29. The molecule has 3 aromatic rings. The second-order valence-electron chi connectivity index (χ2n) is 9.12. The fourth-order valence-electron chi connectivity index (χ4n) is 5.40. The zero-order valence-electron chi connectivity index (χ0n) is 18.6. The average Bonchev–Trinajstić information content (AvgIpc) is 3.44. The number of aromatic nitrogens is 1. The molecule has 0 aliphatic carbocycles. The smallest absolute Gasteiger partial charge is 0.291 e. The van der Waals surface area contributed by atoms with Gasteiger partial charge in [-0.1, -0.05) is 48.5 Å². The summed E-state index contributed by atoms with van der Waals surface area (Å²) in [5, 5.41) is 7.13. The van der Waals surface area contributed by atoms with Crippen LogP contribution in [0.15, 0.2) is 65.8 Å². The Balaban J connectivity index is 1.34. The molecule has 1 aromatic heterocycles. The van der Waals surface area contributed by atoms with Crippen molar-refractivity contribution >= 4 is 28.4 Å². The van der Waals surface area contributed by atoms with Gasteiger partial charge in [0.15, 0.2) is 0 Å². The third-order valence-corrected chi connectivity index (χ3v) is 7.15. The Labute approximate surface area is 192 Å². The van der Waals surface area contributed by atoms with Gasteiger partial charge in [0.1, 0.15) is 12.2 Å². The molecule has 0 radical (unpaired) electrons. The van der Waals surface area contributed by atoms with Gasteiger partial charge in [-0.2, -0.15) is 5.10 Å². The molecule has 33 heavy (non-hydrogen) atoms. The molecule has 168 valence electrons. The van der Waals surface area contributed by atoms with Gasteiger partial charge in [0.05, 0.1) is 12.3 Å². The maximum atomic E-state index is 13.6. The van der Waals surface area contributed by atoms with Crippen LogP contribution in [-0.4, -0.2) is 75.7 Å². The summed E-state index contributed by atoms with van der Waals surface area (Å²) in [4.78, 5) is 31.3. The molecule has 7 nitrogen and oxygen atoms in total. The third-order valence-electron chi connectivity index (χ3n) is 7.15. The molecule has 4 heterocycles. The van der Waals surface area contributed by atoms with Crippen LogP contribution in [0, 0.1) is 0 Å². The van der Waals surface area contributed by atoms with Gasteiger partial charge in [0, 0.05) is 36.6 Å². The lowest BCUT2D eigenvalue weighted by molar-refractivity contribution is -0.134. The third kappa shape index (κ3) is 3.62. The summed E-state index contributed by atoms with van der Waals surface area (Å²) < 4.78 is 2.02. The van der Waals surface area contributed by atoms with Crippen molar-refractivity contribution < 1.29 is 9.59 Å². The molecule has 1 unspecified atom stereocenters. The van der Waals surface area contributed by atoms with Crippen LogP contribution < -0.4 is 0 Å². The normalized spacial score (nSPS) is 21.0. The molecule has 0 spiro atoms. The minimum atomic E-state index is -0.231. The van der Waals surface area contributed by atoms with Crippen molar-refractivity contribution in [3.63, 3.8) is 0 Å². The van der Waals surface area contributed by atoms with Crippen LogP contribution in [0.5, 0.6) is 0 Å². The van der Waals surface area contributed by atoms with Crippen molar-refractivity contribution in [2.75, 3.05) is 32.7 Å². The van der Waals surface area contributed by atoms with Crippen LogP contribution in [0.3, 0.4) is 0 Å². The van der Waals surface area contributed by atoms with Gasteiger partial charge < -0.3 is 9.47 Å². The number of para-hydroxylation sites is 1. The number of carbonyl (C=O) groups is 2. The lowest BCUT2D eigenvalue weighted by Crippen LogP contribution is -2.54. The summed E-state index contributed by atoms with van der Waals surface area (Å²) in [5.74, 6) is -0.263. The quantitative estimate of drug-likeness (QED) is 0.628. The highest BCUT2D eigenvalue weighted by atomic mass is 16.2. The van der Waals surface area contributed by atoms with E-state index in [2.05, 4.69) is 4.90 Å². The van der Waals surface area contributed by atoms with E-state index in [4.69, 9.17) is 5.10 Å². The van der Waals surface area contributed by atoms with E-state index in [9.17, 15) is 9.59 Å². The summed E-state index contributed by atoms with van der Waals surface area (Å²) in [6.45, 7) is 3.94. The van der Waals surface area contributed by atoms with Crippen molar-refractivity contribution in [2.45, 2.75) is 25.4 Å². The molecular weight excluding hydrogens is 414 g/mol. The average molecular weight is 442 g/mol. The lowest BCUT2D eigenvalue weighted by atomic mass is 10.1.